The van der Waals surface area contributed by atoms with Gasteiger partial charge in [-0.2, -0.15) is 5.10 Å². The normalized spacial score (nSPS) is 12.6. The molecule has 0 aliphatic heterocycles. The van der Waals surface area contributed by atoms with Crippen molar-refractivity contribution < 1.29 is 0 Å². The van der Waals surface area contributed by atoms with Gasteiger partial charge in [0.2, 0.25) is 0 Å². The summed E-state index contributed by atoms with van der Waals surface area (Å²) in [5.41, 5.74) is 2.06. The fourth-order valence-electron chi connectivity index (χ4n) is 2.16. The van der Waals surface area contributed by atoms with Gasteiger partial charge in [-0.3, -0.25) is 9.67 Å². The smallest absolute Gasteiger partial charge is 0.0837 e. The fourth-order valence-corrected chi connectivity index (χ4v) is 2.79. The molecule has 0 radical (unpaired) electrons. The van der Waals surface area contributed by atoms with Crippen molar-refractivity contribution in [1.82, 2.24) is 20.1 Å². The molecule has 1 atom stereocenters. The van der Waals surface area contributed by atoms with Gasteiger partial charge in [0.15, 0.2) is 0 Å². The molecule has 6 heteroatoms. The summed E-state index contributed by atoms with van der Waals surface area (Å²) in [7, 11) is 0. The minimum atomic E-state index is -0.00472. The van der Waals surface area contributed by atoms with E-state index in [2.05, 4.69) is 51.2 Å². The van der Waals surface area contributed by atoms with E-state index in [4.69, 9.17) is 11.6 Å². The van der Waals surface area contributed by atoms with Crippen LogP contribution in [0.25, 0.3) is 0 Å². The van der Waals surface area contributed by atoms with E-state index < -0.39 is 0 Å². The summed E-state index contributed by atoms with van der Waals surface area (Å²) in [6.45, 7) is 5.89. The zero-order valence-corrected chi connectivity index (χ0v) is 13.9. The van der Waals surface area contributed by atoms with E-state index in [0.29, 0.717) is 5.02 Å². The summed E-state index contributed by atoms with van der Waals surface area (Å²) >= 11 is 9.80. The van der Waals surface area contributed by atoms with Crippen molar-refractivity contribution in [2.45, 2.75) is 32.9 Å². The first-order chi connectivity index (χ1) is 9.67. The first-order valence-electron chi connectivity index (χ1n) is 6.72. The molecule has 0 aromatic carbocycles. The number of rotatable bonds is 6. The second-order valence-electron chi connectivity index (χ2n) is 4.52. The summed E-state index contributed by atoms with van der Waals surface area (Å²) in [6.07, 6.45) is 6.39. The van der Waals surface area contributed by atoms with E-state index in [1.54, 1.807) is 12.4 Å². The molecule has 108 valence electrons. The van der Waals surface area contributed by atoms with Crippen LogP contribution in [0.2, 0.25) is 5.02 Å². The molecule has 0 aliphatic rings. The molecule has 2 aromatic rings. The third-order valence-electron chi connectivity index (χ3n) is 3.06. The molecule has 2 heterocycles. The van der Waals surface area contributed by atoms with Crippen LogP contribution >= 0.6 is 27.5 Å². The van der Waals surface area contributed by atoms with Gasteiger partial charge in [-0.05, 0) is 47.4 Å². The van der Waals surface area contributed by atoms with Crippen LogP contribution < -0.4 is 5.32 Å². The SMILES string of the molecule is CCCNC(c1cncc(Br)c1)c1c(Cl)cnn1CC. The van der Waals surface area contributed by atoms with Crippen molar-refractivity contribution in [2.75, 3.05) is 6.54 Å². The predicted molar refractivity (Wildman–Crippen MR) is 85.0 cm³/mol. The number of hydrogen-bond donors (Lipinski definition) is 1. The maximum Gasteiger partial charge on any atom is 0.0837 e. The van der Waals surface area contributed by atoms with Crippen molar-refractivity contribution in [2.24, 2.45) is 0 Å². The molecule has 2 aromatic heterocycles. The zero-order valence-electron chi connectivity index (χ0n) is 11.6. The van der Waals surface area contributed by atoms with Crippen LogP contribution in [-0.2, 0) is 6.54 Å². The van der Waals surface area contributed by atoms with Gasteiger partial charge in [0.25, 0.3) is 0 Å². The lowest BCUT2D eigenvalue weighted by Crippen LogP contribution is -2.26. The van der Waals surface area contributed by atoms with Gasteiger partial charge in [0, 0.05) is 23.4 Å². The Hall–Kier alpha value is -0.910. The first kappa shape index (κ1) is 15.5. The third-order valence-corrected chi connectivity index (χ3v) is 3.79. The second-order valence-corrected chi connectivity index (χ2v) is 5.84. The maximum atomic E-state index is 6.33. The van der Waals surface area contributed by atoms with Crippen molar-refractivity contribution in [3.05, 3.63) is 45.4 Å². The van der Waals surface area contributed by atoms with Gasteiger partial charge in [0.1, 0.15) is 0 Å². The largest absolute Gasteiger partial charge is 0.305 e. The molecule has 0 fully saturated rings. The Kier molecular flexibility index (Phi) is 5.57. The molecule has 1 N–H and O–H groups in total. The van der Waals surface area contributed by atoms with E-state index in [-0.39, 0.29) is 6.04 Å². The van der Waals surface area contributed by atoms with Crippen LogP contribution in [0.4, 0.5) is 0 Å². The Labute approximate surface area is 132 Å². The molecule has 0 amide bonds. The molecule has 20 heavy (non-hydrogen) atoms. The highest BCUT2D eigenvalue weighted by molar-refractivity contribution is 9.10. The number of aromatic nitrogens is 3. The molecule has 0 bridgehead atoms. The molecule has 0 spiro atoms. The molecular formula is C14H18BrClN4. The number of nitrogens with zero attached hydrogens (tertiary/aromatic N) is 3. The van der Waals surface area contributed by atoms with Crippen molar-refractivity contribution in [3.8, 4) is 0 Å². The van der Waals surface area contributed by atoms with E-state index in [9.17, 15) is 0 Å². The molecule has 1 unspecified atom stereocenters. The quantitative estimate of drug-likeness (QED) is 0.855. The van der Waals surface area contributed by atoms with E-state index >= 15 is 0 Å². The minimum absolute atomic E-state index is 0.00472. The highest BCUT2D eigenvalue weighted by Gasteiger charge is 2.21. The van der Waals surface area contributed by atoms with E-state index in [0.717, 1.165) is 35.2 Å². The standard InChI is InChI=1S/C14H18BrClN4/c1-3-5-18-13(10-6-11(15)8-17-7-10)14-12(16)9-19-20(14)4-2/h6-9,13,18H,3-5H2,1-2H3. The summed E-state index contributed by atoms with van der Waals surface area (Å²) in [5.74, 6) is 0. The highest BCUT2D eigenvalue weighted by atomic mass is 79.9. The van der Waals surface area contributed by atoms with Gasteiger partial charge in [-0.15, -0.1) is 0 Å². The Bertz CT molecular complexity index is 570. The minimum Gasteiger partial charge on any atom is -0.305 e. The Morgan fingerprint density at radius 3 is 2.80 bits per heavy atom. The topological polar surface area (TPSA) is 42.7 Å². The lowest BCUT2D eigenvalue weighted by atomic mass is 10.1. The van der Waals surface area contributed by atoms with Crippen LogP contribution in [0.3, 0.4) is 0 Å². The Morgan fingerprint density at radius 2 is 2.15 bits per heavy atom. The van der Waals surface area contributed by atoms with Gasteiger partial charge in [-0.25, -0.2) is 0 Å². The maximum absolute atomic E-state index is 6.33. The second kappa shape index (κ2) is 7.20. The number of halogens is 2. The van der Waals surface area contributed by atoms with Crippen LogP contribution in [0.5, 0.6) is 0 Å². The van der Waals surface area contributed by atoms with Crippen LogP contribution in [0.15, 0.2) is 29.1 Å². The van der Waals surface area contributed by atoms with Gasteiger partial charge in [-0.1, -0.05) is 18.5 Å². The molecule has 4 nitrogen and oxygen atoms in total. The van der Waals surface area contributed by atoms with E-state index in [1.807, 2.05) is 10.9 Å². The number of nitrogens with one attached hydrogen (secondary N) is 1. The average Bonchev–Trinajstić information content (AvgIpc) is 2.81. The molecule has 2 rings (SSSR count). The summed E-state index contributed by atoms with van der Waals surface area (Å²) in [4.78, 5) is 4.25. The lowest BCUT2D eigenvalue weighted by Gasteiger charge is -2.20. The van der Waals surface area contributed by atoms with Gasteiger partial charge < -0.3 is 5.32 Å². The monoisotopic (exact) mass is 356 g/mol. The number of aryl methyl sites for hydroxylation is 1. The third kappa shape index (κ3) is 3.40. The molecular weight excluding hydrogens is 340 g/mol. The van der Waals surface area contributed by atoms with Crippen LogP contribution in [0, 0.1) is 0 Å². The van der Waals surface area contributed by atoms with Crippen molar-refractivity contribution in [1.29, 1.82) is 0 Å². The number of hydrogen-bond acceptors (Lipinski definition) is 3. The van der Waals surface area contributed by atoms with Crippen molar-refractivity contribution in [3.63, 3.8) is 0 Å². The summed E-state index contributed by atoms with van der Waals surface area (Å²) < 4.78 is 2.88. The Balaban J connectivity index is 2.44. The first-order valence-corrected chi connectivity index (χ1v) is 7.89. The summed E-state index contributed by atoms with van der Waals surface area (Å²) in [5, 5.41) is 8.53. The molecule has 0 saturated heterocycles. The van der Waals surface area contributed by atoms with E-state index in [1.165, 1.54) is 0 Å². The predicted octanol–water partition coefficient (Wildman–Crippen LogP) is 3.80. The number of pyridine rings is 1. The lowest BCUT2D eigenvalue weighted by molar-refractivity contribution is 0.529. The zero-order chi connectivity index (χ0) is 14.5. The summed E-state index contributed by atoms with van der Waals surface area (Å²) in [6, 6.07) is 2.05. The highest BCUT2D eigenvalue weighted by Crippen LogP contribution is 2.29. The van der Waals surface area contributed by atoms with Crippen LogP contribution in [0.1, 0.15) is 37.6 Å². The van der Waals surface area contributed by atoms with Gasteiger partial charge in [0.05, 0.1) is 23.0 Å². The molecule has 0 aliphatic carbocycles. The van der Waals surface area contributed by atoms with Gasteiger partial charge >= 0.3 is 0 Å². The average molecular weight is 358 g/mol. The molecule has 0 saturated carbocycles. The Morgan fingerprint density at radius 1 is 1.35 bits per heavy atom. The van der Waals surface area contributed by atoms with Crippen LogP contribution in [-0.4, -0.2) is 21.3 Å². The fraction of sp³-hybridized carbons (Fsp3) is 0.429. The van der Waals surface area contributed by atoms with Crippen molar-refractivity contribution >= 4 is 27.5 Å².